The van der Waals surface area contributed by atoms with Crippen molar-refractivity contribution in [2.75, 3.05) is 13.2 Å². The molecule has 4 heteroatoms. The highest BCUT2D eigenvalue weighted by Gasteiger charge is 2.03. The molecule has 1 rings (SSSR count). The van der Waals surface area contributed by atoms with Crippen LogP contribution in [0.5, 0.6) is 5.75 Å². The molecule has 0 amide bonds. The van der Waals surface area contributed by atoms with Crippen LogP contribution in [0.2, 0.25) is 0 Å². The van der Waals surface area contributed by atoms with Crippen LogP contribution < -0.4 is 10.1 Å². The highest BCUT2D eigenvalue weighted by atomic mass is 16.5. The van der Waals surface area contributed by atoms with E-state index in [2.05, 4.69) is 19.2 Å². The van der Waals surface area contributed by atoms with Crippen LogP contribution in [-0.4, -0.2) is 30.3 Å². The minimum absolute atomic E-state index is 0.277. The molecule has 0 spiro atoms. The molecule has 106 valence electrons. The summed E-state index contributed by atoms with van der Waals surface area (Å²) >= 11 is 0. The Bertz CT molecular complexity index is 375. The number of unbranched alkanes of at least 4 members (excludes halogenated alkanes) is 1. The summed E-state index contributed by atoms with van der Waals surface area (Å²) in [6.45, 7) is 5.75. The predicted octanol–water partition coefficient (Wildman–Crippen LogP) is 2.93. The van der Waals surface area contributed by atoms with E-state index in [4.69, 9.17) is 9.84 Å². The normalized spacial score (nSPS) is 12.1. The molecule has 1 aromatic rings. The summed E-state index contributed by atoms with van der Waals surface area (Å²) in [5.41, 5.74) is 0.277. The van der Waals surface area contributed by atoms with Gasteiger partial charge in [-0.3, -0.25) is 0 Å². The Morgan fingerprint density at radius 2 is 2.05 bits per heavy atom. The lowest BCUT2D eigenvalue weighted by atomic mass is 10.1. The number of carboxylic acid groups (broad SMARTS) is 1. The molecule has 0 aromatic heterocycles. The first-order valence-corrected chi connectivity index (χ1v) is 6.83. The highest BCUT2D eigenvalue weighted by Crippen LogP contribution is 2.11. The van der Waals surface area contributed by atoms with Gasteiger partial charge in [-0.2, -0.15) is 0 Å². The van der Waals surface area contributed by atoms with Gasteiger partial charge in [0.1, 0.15) is 12.4 Å². The zero-order valence-corrected chi connectivity index (χ0v) is 11.7. The second-order valence-corrected chi connectivity index (χ2v) is 4.68. The van der Waals surface area contributed by atoms with Crippen molar-refractivity contribution in [3.05, 3.63) is 29.8 Å². The van der Waals surface area contributed by atoms with Gasteiger partial charge in [-0.1, -0.05) is 19.8 Å². The molecule has 0 fully saturated rings. The van der Waals surface area contributed by atoms with Gasteiger partial charge in [0, 0.05) is 12.6 Å². The summed E-state index contributed by atoms with van der Waals surface area (Å²) in [5, 5.41) is 12.2. The minimum atomic E-state index is -0.919. The van der Waals surface area contributed by atoms with Crippen molar-refractivity contribution in [2.24, 2.45) is 0 Å². The minimum Gasteiger partial charge on any atom is -0.492 e. The van der Waals surface area contributed by atoms with Crippen LogP contribution >= 0.6 is 0 Å². The Morgan fingerprint density at radius 1 is 1.37 bits per heavy atom. The summed E-state index contributed by atoms with van der Waals surface area (Å²) in [5.74, 6) is -0.217. The van der Waals surface area contributed by atoms with E-state index in [1.54, 1.807) is 24.3 Å². The molecular formula is C15H23NO3. The zero-order valence-electron chi connectivity index (χ0n) is 11.7. The van der Waals surface area contributed by atoms with Crippen molar-refractivity contribution in [3.63, 3.8) is 0 Å². The van der Waals surface area contributed by atoms with Crippen molar-refractivity contribution in [1.82, 2.24) is 5.32 Å². The second-order valence-electron chi connectivity index (χ2n) is 4.68. The molecule has 0 aliphatic heterocycles. The molecule has 1 aromatic carbocycles. The summed E-state index contributed by atoms with van der Waals surface area (Å²) in [6.07, 6.45) is 3.65. The summed E-state index contributed by atoms with van der Waals surface area (Å²) < 4.78 is 5.54. The Kier molecular flexibility index (Phi) is 6.97. The maximum atomic E-state index is 10.7. The summed E-state index contributed by atoms with van der Waals surface area (Å²) in [6, 6.07) is 6.98. The quantitative estimate of drug-likeness (QED) is 0.674. The van der Waals surface area contributed by atoms with E-state index in [9.17, 15) is 4.79 Å². The van der Waals surface area contributed by atoms with E-state index in [1.807, 2.05) is 0 Å². The molecule has 0 heterocycles. The number of hydrogen-bond donors (Lipinski definition) is 2. The smallest absolute Gasteiger partial charge is 0.335 e. The number of nitrogens with one attached hydrogen (secondary N) is 1. The Hall–Kier alpha value is -1.55. The fraction of sp³-hybridized carbons (Fsp3) is 0.533. The largest absolute Gasteiger partial charge is 0.492 e. The van der Waals surface area contributed by atoms with Crippen molar-refractivity contribution < 1.29 is 14.6 Å². The third-order valence-electron chi connectivity index (χ3n) is 2.96. The first-order chi connectivity index (χ1) is 9.13. The monoisotopic (exact) mass is 265 g/mol. The molecule has 19 heavy (non-hydrogen) atoms. The fourth-order valence-electron chi connectivity index (χ4n) is 1.78. The lowest BCUT2D eigenvalue weighted by Crippen LogP contribution is -2.30. The summed E-state index contributed by atoms with van der Waals surface area (Å²) in [4.78, 5) is 10.7. The maximum Gasteiger partial charge on any atom is 0.335 e. The lowest BCUT2D eigenvalue weighted by Gasteiger charge is -2.13. The number of aromatic carboxylic acids is 1. The number of rotatable bonds is 9. The van der Waals surface area contributed by atoms with E-state index in [0.717, 1.165) is 6.54 Å². The molecule has 1 atom stereocenters. The van der Waals surface area contributed by atoms with Gasteiger partial charge >= 0.3 is 5.97 Å². The zero-order chi connectivity index (χ0) is 14.1. The molecule has 0 aliphatic rings. The fourth-order valence-corrected chi connectivity index (χ4v) is 1.78. The maximum absolute atomic E-state index is 10.7. The van der Waals surface area contributed by atoms with Gasteiger partial charge in [-0.05, 0) is 37.6 Å². The van der Waals surface area contributed by atoms with E-state index < -0.39 is 5.97 Å². The topological polar surface area (TPSA) is 58.6 Å². The first kappa shape index (κ1) is 15.5. The van der Waals surface area contributed by atoms with Crippen LogP contribution in [0.1, 0.15) is 43.5 Å². The van der Waals surface area contributed by atoms with Gasteiger partial charge in [-0.15, -0.1) is 0 Å². The van der Waals surface area contributed by atoms with Crippen molar-refractivity contribution in [3.8, 4) is 5.75 Å². The molecule has 0 radical (unpaired) electrons. The first-order valence-electron chi connectivity index (χ1n) is 6.83. The molecule has 0 saturated heterocycles. The van der Waals surface area contributed by atoms with Gasteiger partial charge in [0.05, 0.1) is 5.56 Å². The number of hydrogen-bond acceptors (Lipinski definition) is 3. The molecule has 1 unspecified atom stereocenters. The van der Waals surface area contributed by atoms with E-state index in [1.165, 1.54) is 19.3 Å². The number of ether oxygens (including phenoxy) is 1. The van der Waals surface area contributed by atoms with Gasteiger partial charge in [0.2, 0.25) is 0 Å². The number of carbonyl (C=O) groups is 1. The molecule has 0 aliphatic carbocycles. The van der Waals surface area contributed by atoms with Gasteiger partial charge in [0.15, 0.2) is 0 Å². The van der Waals surface area contributed by atoms with Crippen LogP contribution in [0.3, 0.4) is 0 Å². The SMILES string of the molecule is CCCCC(C)NCCOc1ccc(C(=O)O)cc1. The van der Waals surface area contributed by atoms with Gasteiger partial charge < -0.3 is 15.2 Å². The van der Waals surface area contributed by atoms with Crippen molar-refractivity contribution in [1.29, 1.82) is 0 Å². The van der Waals surface area contributed by atoms with Crippen LogP contribution in [0.4, 0.5) is 0 Å². The molecular weight excluding hydrogens is 242 g/mol. The average Bonchev–Trinajstić information content (AvgIpc) is 2.41. The Morgan fingerprint density at radius 3 is 2.63 bits per heavy atom. The molecule has 0 saturated carbocycles. The number of carboxylic acids is 1. The van der Waals surface area contributed by atoms with Crippen molar-refractivity contribution in [2.45, 2.75) is 39.2 Å². The predicted molar refractivity (Wildman–Crippen MR) is 75.9 cm³/mol. The molecule has 2 N–H and O–H groups in total. The van der Waals surface area contributed by atoms with E-state index in [0.29, 0.717) is 18.4 Å². The Labute approximate surface area is 114 Å². The molecule has 4 nitrogen and oxygen atoms in total. The van der Waals surface area contributed by atoms with Gasteiger partial charge in [0.25, 0.3) is 0 Å². The average molecular weight is 265 g/mol. The standard InChI is InChI=1S/C15H23NO3/c1-3-4-5-12(2)16-10-11-19-14-8-6-13(7-9-14)15(17)18/h6-9,12,16H,3-5,10-11H2,1-2H3,(H,17,18). The van der Waals surface area contributed by atoms with Crippen LogP contribution in [0.25, 0.3) is 0 Å². The summed E-state index contributed by atoms with van der Waals surface area (Å²) in [7, 11) is 0. The third kappa shape index (κ3) is 6.25. The number of benzene rings is 1. The highest BCUT2D eigenvalue weighted by molar-refractivity contribution is 5.87. The van der Waals surface area contributed by atoms with Gasteiger partial charge in [-0.25, -0.2) is 4.79 Å². The van der Waals surface area contributed by atoms with E-state index >= 15 is 0 Å². The van der Waals surface area contributed by atoms with E-state index in [-0.39, 0.29) is 5.56 Å². The molecule has 0 bridgehead atoms. The third-order valence-corrected chi connectivity index (χ3v) is 2.96. The van der Waals surface area contributed by atoms with Crippen LogP contribution in [0.15, 0.2) is 24.3 Å². The lowest BCUT2D eigenvalue weighted by molar-refractivity contribution is 0.0697. The van der Waals surface area contributed by atoms with Crippen molar-refractivity contribution >= 4 is 5.97 Å². The van der Waals surface area contributed by atoms with Crippen LogP contribution in [-0.2, 0) is 0 Å². The Balaban J connectivity index is 2.20. The van der Waals surface area contributed by atoms with Crippen LogP contribution in [0, 0.1) is 0 Å². The second kappa shape index (κ2) is 8.53.